The number of fused-ring (bicyclic) bond motifs is 1. The molecule has 3 N–H and O–H groups in total. The lowest BCUT2D eigenvalue weighted by Gasteiger charge is -2.50. The number of nitrogens with zero attached hydrogens (tertiary/aromatic N) is 4. The van der Waals surface area contributed by atoms with Crippen LogP contribution in [0.2, 0.25) is 0 Å². The molecule has 332 valence electrons. The van der Waals surface area contributed by atoms with E-state index < -0.39 is 32.5 Å². The summed E-state index contributed by atoms with van der Waals surface area (Å²) in [6, 6.07) is 17.5. The van der Waals surface area contributed by atoms with E-state index in [1.165, 1.54) is 43.4 Å². The van der Waals surface area contributed by atoms with Gasteiger partial charge in [0.2, 0.25) is 0 Å². The third-order valence-corrected chi connectivity index (χ3v) is 16.3. The predicted molar refractivity (Wildman–Crippen MR) is 240 cm³/mol. The number of carbonyl (C=O) groups excluding carboxylic acids is 1. The molecule has 3 aliphatic heterocycles. The monoisotopic (exact) mass is 875 g/mol. The van der Waals surface area contributed by atoms with Gasteiger partial charge in [0.05, 0.1) is 16.0 Å². The molecule has 5 heterocycles. The summed E-state index contributed by atoms with van der Waals surface area (Å²) in [6.07, 6.45) is 21.3. The molecule has 6 aliphatic rings. The Hall–Kier alpha value is -5.09. The van der Waals surface area contributed by atoms with Crippen molar-refractivity contribution in [2.75, 3.05) is 44.7 Å². The van der Waals surface area contributed by atoms with Crippen molar-refractivity contribution in [2.24, 2.45) is 11.3 Å². The molecule has 14 nitrogen and oxygen atoms in total. The Bertz CT molecular complexity index is 2520. The van der Waals surface area contributed by atoms with E-state index in [1.54, 1.807) is 36.2 Å². The number of hydrogen-bond donors (Lipinski definition) is 3. The number of sulfonamides is 1. The molecular weight excluding hydrogens is 819 g/mol. The summed E-state index contributed by atoms with van der Waals surface area (Å²) in [4.78, 5) is 38.9. The van der Waals surface area contributed by atoms with Crippen LogP contribution in [-0.2, 0) is 19.6 Å². The highest BCUT2D eigenvalue weighted by atomic mass is 32.2. The maximum Gasteiger partial charge on any atom is 0.293 e. The summed E-state index contributed by atoms with van der Waals surface area (Å²) in [5.74, 6) is 0.632. The lowest BCUT2D eigenvalue weighted by atomic mass is 9.74. The van der Waals surface area contributed by atoms with Gasteiger partial charge in [-0.1, -0.05) is 42.5 Å². The van der Waals surface area contributed by atoms with Crippen LogP contribution in [0.3, 0.4) is 0 Å². The average Bonchev–Trinajstić information content (AvgIpc) is 3.62. The molecule has 5 fully saturated rings. The van der Waals surface area contributed by atoms with E-state index in [2.05, 4.69) is 54.1 Å². The van der Waals surface area contributed by atoms with Gasteiger partial charge in [-0.15, -0.1) is 0 Å². The Kier molecular flexibility index (Phi) is 11.4. The van der Waals surface area contributed by atoms with E-state index in [1.807, 2.05) is 18.2 Å². The maximum atomic E-state index is 15.1. The van der Waals surface area contributed by atoms with Gasteiger partial charge in [-0.3, -0.25) is 24.7 Å². The van der Waals surface area contributed by atoms with Crippen LogP contribution in [0.5, 0.6) is 5.75 Å². The highest BCUT2D eigenvalue weighted by molar-refractivity contribution is 7.90. The number of aromatic amines is 1. The number of aromatic nitrogens is 2. The number of pyridine rings is 1. The van der Waals surface area contributed by atoms with Crippen LogP contribution < -0.4 is 14.8 Å². The quantitative estimate of drug-likeness (QED) is 0.0885. The highest BCUT2D eigenvalue weighted by Gasteiger charge is 2.55. The fourth-order valence-corrected chi connectivity index (χ4v) is 12.4. The number of H-pyrrole nitrogens is 1. The number of rotatable bonds is 13. The van der Waals surface area contributed by atoms with Gasteiger partial charge in [0, 0.05) is 62.6 Å². The molecule has 0 radical (unpaired) electrons. The minimum Gasteiger partial charge on any atom is -0.482 e. The zero-order chi connectivity index (χ0) is 43.2. The summed E-state index contributed by atoms with van der Waals surface area (Å²) in [7, 11) is -4.59. The Balaban J connectivity index is 0.900. The number of piperidine rings is 1. The van der Waals surface area contributed by atoms with E-state index in [0.717, 1.165) is 62.9 Å². The lowest BCUT2D eigenvalue weighted by Crippen LogP contribution is -2.67. The lowest BCUT2D eigenvalue weighted by molar-refractivity contribution is -0.384. The van der Waals surface area contributed by atoms with E-state index >= 15 is 4.79 Å². The van der Waals surface area contributed by atoms with Gasteiger partial charge in [-0.25, -0.2) is 18.1 Å². The van der Waals surface area contributed by atoms with Crippen LogP contribution in [0.15, 0.2) is 96.2 Å². The second-order valence-electron chi connectivity index (χ2n) is 18.7. The van der Waals surface area contributed by atoms with Crippen molar-refractivity contribution in [1.29, 1.82) is 0 Å². The summed E-state index contributed by atoms with van der Waals surface area (Å²) >= 11 is 0. The van der Waals surface area contributed by atoms with Gasteiger partial charge >= 0.3 is 0 Å². The molecule has 4 atom stereocenters. The first kappa shape index (κ1) is 41.9. The summed E-state index contributed by atoms with van der Waals surface area (Å²) < 4.78 is 42.9. The van der Waals surface area contributed by atoms with Gasteiger partial charge in [-0.2, -0.15) is 0 Å². The van der Waals surface area contributed by atoms with Crippen molar-refractivity contribution < 1.29 is 27.6 Å². The fourth-order valence-electron chi connectivity index (χ4n) is 11.4. The SMILES string of the molecule is O=C(NS(=O)(=O)c1ccc(NCC2CCOCC2)c([N+](=O)[O-])c1)C1(N2CCC3(CCC(N4CCC[C@H]4c4ccccc4C4CC4)C3)CC2)C=CC=CC1Oc1cnc2[nH]ccc2c1. The molecule has 10 rings (SSSR count). The van der Waals surface area contributed by atoms with Crippen molar-refractivity contribution in [3.63, 3.8) is 0 Å². The van der Waals surface area contributed by atoms with Gasteiger partial charge in [0.25, 0.3) is 21.6 Å². The second-order valence-corrected chi connectivity index (χ2v) is 20.4. The molecule has 2 aromatic carbocycles. The first-order valence-corrected chi connectivity index (χ1v) is 24.3. The van der Waals surface area contributed by atoms with E-state index in [4.69, 9.17) is 9.47 Å². The summed E-state index contributed by atoms with van der Waals surface area (Å²) in [5.41, 5.74) is 2.14. The molecular formula is C48H57N7O7S. The normalized spacial score (nSPS) is 26.6. The molecule has 2 saturated carbocycles. The molecule has 2 aromatic heterocycles. The van der Waals surface area contributed by atoms with E-state index in [9.17, 15) is 18.5 Å². The third kappa shape index (κ3) is 8.29. The minimum atomic E-state index is -4.59. The fraction of sp³-hybridized carbons (Fsp3) is 0.500. The molecule has 63 heavy (non-hydrogen) atoms. The van der Waals surface area contributed by atoms with Crippen molar-refractivity contribution in [1.82, 2.24) is 24.5 Å². The van der Waals surface area contributed by atoms with Crippen molar-refractivity contribution >= 4 is 38.3 Å². The number of benzene rings is 2. The van der Waals surface area contributed by atoms with Crippen molar-refractivity contribution in [3.8, 4) is 5.75 Å². The Morgan fingerprint density at radius 2 is 1.78 bits per heavy atom. The molecule has 0 bridgehead atoms. The Labute approximate surface area is 368 Å². The van der Waals surface area contributed by atoms with Crippen LogP contribution in [0.4, 0.5) is 11.4 Å². The number of ether oxygens (including phenoxy) is 2. The zero-order valence-corrected chi connectivity index (χ0v) is 36.4. The number of amides is 1. The van der Waals surface area contributed by atoms with Gasteiger partial charge in [0.15, 0.2) is 5.54 Å². The summed E-state index contributed by atoms with van der Waals surface area (Å²) in [5, 5.41) is 16.3. The molecule has 15 heteroatoms. The van der Waals surface area contributed by atoms with Gasteiger partial charge in [0.1, 0.15) is 23.2 Å². The van der Waals surface area contributed by atoms with Crippen LogP contribution >= 0.6 is 0 Å². The number of nitro groups is 1. The standard InChI is InChI=1S/C48H57N7O7S/c56-46(52-63(59,60)38-12-13-41(43(29-38)55(57)58)50-31-33-16-26-61-27-17-33)48(18-4-3-9-44(48)62-37-28-35-15-22-49-45(35)51-32-37)53-24-20-47(21-25-53)19-14-36(30-47)54-23-5-8-42(54)40-7-2-1-6-39(40)34-10-11-34/h1-4,6-7,9,12-13,15,18,22,28-29,32-34,36,42,44,50H,5,8,10-11,14,16-17,19-21,23-27,30-31H2,(H,49,51)(H,52,56)/t36?,42-,44?,48?/m0/s1. The molecule has 1 spiro atoms. The van der Waals surface area contributed by atoms with Crippen LogP contribution in [0.25, 0.3) is 11.0 Å². The first-order chi connectivity index (χ1) is 30.6. The van der Waals surface area contributed by atoms with Gasteiger partial charge < -0.3 is 19.8 Å². The van der Waals surface area contributed by atoms with Crippen LogP contribution in [-0.4, -0.2) is 96.1 Å². The number of nitrogens with one attached hydrogen (secondary N) is 3. The molecule has 3 unspecified atom stereocenters. The number of hydrogen-bond acceptors (Lipinski definition) is 11. The zero-order valence-electron chi connectivity index (χ0n) is 35.6. The number of carbonyl (C=O) groups is 1. The highest BCUT2D eigenvalue weighted by Crippen LogP contribution is 2.53. The summed E-state index contributed by atoms with van der Waals surface area (Å²) in [6.45, 7) is 4.00. The number of nitro benzene ring substituents is 1. The smallest absolute Gasteiger partial charge is 0.293 e. The molecule has 3 saturated heterocycles. The predicted octanol–water partition coefficient (Wildman–Crippen LogP) is 7.78. The number of allylic oxidation sites excluding steroid dienone is 2. The number of likely N-dealkylation sites (tertiary alicyclic amines) is 2. The largest absolute Gasteiger partial charge is 0.482 e. The second kappa shape index (κ2) is 17.1. The minimum absolute atomic E-state index is 0.112. The van der Waals surface area contributed by atoms with Crippen LogP contribution in [0.1, 0.15) is 93.7 Å². The molecule has 4 aromatic rings. The maximum absolute atomic E-state index is 15.1. The van der Waals surface area contributed by atoms with Crippen LogP contribution in [0, 0.1) is 21.4 Å². The van der Waals surface area contributed by atoms with Gasteiger partial charge in [-0.05, 0) is 136 Å². The van der Waals surface area contributed by atoms with E-state index in [0.29, 0.717) is 62.2 Å². The Morgan fingerprint density at radius 1 is 0.968 bits per heavy atom. The molecule has 1 amide bonds. The third-order valence-electron chi connectivity index (χ3n) is 15.0. The Morgan fingerprint density at radius 3 is 2.57 bits per heavy atom. The van der Waals surface area contributed by atoms with E-state index in [-0.39, 0.29) is 27.6 Å². The van der Waals surface area contributed by atoms with Crippen molar-refractivity contribution in [2.45, 2.75) is 105 Å². The first-order valence-electron chi connectivity index (χ1n) is 22.8. The number of anilines is 1. The topological polar surface area (TPSA) is 172 Å². The average molecular weight is 876 g/mol. The molecule has 3 aliphatic carbocycles. The van der Waals surface area contributed by atoms with Crippen molar-refractivity contribution in [3.05, 3.63) is 113 Å².